The molecule has 0 spiro atoms. The Bertz CT molecular complexity index is 572. The molecular formula is C24H43N3O3. The van der Waals surface area contributed by atoms with Crippen molar-refractivity contribution < 1.29 is 14.4 Å². The van der Waals surface area contributed by atoms with E-state index in [-0.39, 0.29) is 35.6 Å². The normalized spacial score (nSPS) is 21.2. The van der Waals surface area contributed by atoms with Gasteiger partial charge in [-0.1, -0.05) is 59.3 Å². The van der Waals surface area contributed by atoms with Crippen LogP contribution in [0.25, 0.3) is 0 Å². The maximum atomic E-state index is 13.2. The van der Waals surface area contributed by atoms with Gasteiger partial charge in [0.15, 0.2) is 0 Å². The van der Waals surface area contributed by atoms with Gasteiger partial charge >= 0.3 is 0 Å². The molecular weight excluding hydrogens is 378 g/mol. The second-order valence-corrected chi connectivity index (χ2v) is 9.60. The van der Waals surface area contributed by atoms with E-state index in [1.807, 2.05) is 30.6 Å². The van der Waals surface area contributed by atoms with Crippen molar-refractivity contribution >= 4 is 17.7 Å². The largest absolute Gasteiger partial charge is 0.344 e. The zero-order valence-electron chi connectivity index (χ0n) is 19.6. The number of carbonyl (C=O) groups excluding carboxylic acids is 3. The van der Waals surface area contributed by atoms with E-state index in [0.29, 0.717) is 26.1 Å². The Hall–Kier alpha value is -1.59. The average molecular weight is 422 g/mol. The SMILES string of the molecule is CCCCCCCC(=O)N1CCN(C(=O)C(NC(=O)C2CCCC2)C(C)C)CC1C. The van der Waals surface area contributed by atoms with Crippen LogP contribution in [0.1, 0.15) is 91.9 Å². The van der Waals surface area contributed by atoms with E-state index in [1.165, 1.54) is 19.3 Å². The molecule has 0 aromatic heterocycles. The van der Waals surface area contributed by atoms with Gasteiger partial charge in [0.2, 0.25) is 17.7 Å². The summed E-state index contributed by atoms with van der Waals surface area (Å²) < 4.78 is 0. The van der Waals surface area contributed by atoms with Crippen molar-refractivity contribution in [2.75, 3.05) is 19.6 Å². The van der Waals surface area contributed by atoms with E-state index in [2.05, 4.69) is 12.2 Å². The molecule has 2 unspecified atom stereocenters. The summed E-state index contributed by atoms with van der Waals surface area (Å²) in [5.74, 6) is 0.339. The maximum absolute atomic E-state index is 13.2. The molecule has 1 aliphatic carbocycles. The van der Waals surface area contributed by atoms with Crippen LogP contribution >= 0.6 is 0 Å². The molecule has 3 amide bonds. The van der Waals surface area contributed by atoms with Crippen molar-refractivity contribution in [2.45, 2.75) is 104 Å². The number of hydrogen-bond acceptors (Lipinski definition) is 3. The fraction of sp³-hybridized carbons (Fsp3) is 0.875. The molecule has 6 nitrogen and oxygen atoms in total. The van der Waals surface area contributed by atoms with Crippen LogP contribution in [0, 0.1) is 11.8 Å². The molecule has 30 heavy (non-hydrogen) atoms. The van der Waals surface area contributed by atoms with Gasteiger partial charge in [0, 0.05) is 38.0 Å². The maximum Gasteiger partial charge on any atom is 0.245 e. The van der Waals surface area contributed by atoms with E-state index in [1.54, 1.807) is 0 Å². The molecule has 2 aliphatic rings. The molecule has 0 aromatic carbocycles. The molecule has 0 bridgehead atoms. The highest BCUT2D eigenvalue weighted by Crippen LogP contribution is 2.25. The molecule has 1 saturated carbocycles. The summed E-state index contributed by atoms with van der Waals surface area (Å²) in [4.78, 5) is 42.2. The molecule has 1 heterocycles. The first-order valence-electron chi connectivity index (χ1n) is 12.2. The van der Waals surface area contributed by atoms with Gasteiger partial charge in [0.25, 0.3) is 0 Å². The summed E-state index contributed by atoms with van der Waals surface area (Å²) in [6.07, 6.45) is 10.4. The second-order valence-electron chi connectivity index (χ2n) is 9.60. The highest BCUT2D eigenvalue weighted by Gasteiger charge is 2.35. The Morgan fingerprint density at radius 3 is 2.27 bits per heavy atom. The van der Waals surface area contributed by atoms with Gasteiger partial charge in [0.05, 0.1) is 0 Å². The first-order valence-corrected chi connectivity index (χ1v) is 12.2. The second kappa shape index (κ2) is 12.3. The molecule has 1 saturated heterocycles. The topological polar surface area (TPSA) is 69.7 Å². The van der Waals surface area contributed by atoms with Crippen LogP contribution < -0.4 is 5.32 Å². The number of rotatable bonds is 10. The summed E-state index contributed by atoms with van der Waals surface area (Å²) in [5.41, 5.74) is 0. The summed E-state index contributed by atoms with van der Waals surface area (Å²) in [5, 5.41) is 3.04. The van der Waals surface area contributed by atoms with E-state index in [9.17, 15) is 14.4 Å². The van der Waals surface area contributed by atoms with Crippen LogP contribution in [-0.2, 0) is 14.4 Å². The number of amides is 3. The first-order chi connectivity index (χ1) is 14.3. The molecule has 1 N–H and O–H groups in total. The Balaban J connectivity index is 1.85. The summed E-state index contributed by atoms with van der Waals surface area (Å²) >= 11 is 0. The van der Waals surface area contributed by atoms with E-state index < -0.39 is 6.04 Å². The summed E-state index contributed by atoms with van der Waals surface area (Å²) in [7, 11) is 0. The first kappa shape index (κ1) is 24.7. The molecule has 0 radical (unpaired) electrons. The fourth-order valence-electron chi connectivity index (χ4n) is 4.72. The lowest BCUT2D eigenvalue weighted by molar-refractivity contribution is -0.145. The average Bonchev–Trinajstić information content (AvgIpc) is 3.25. The minimum Gasteiger partial charge on any atom is -0.344 e. The standard InChI is InChI=1S/C24H43N3O3/c1-5-6-7-8-9-14-21(28)27-16-15-26(17-19(27)4)24(30)22(18(2)3)25-23(29)20-12-10-11-13-20/h18-20,22H,5-17H2,1-4H3,(H,25,29). The van der Waals surface area contributed by atoms with Gasteiger partial charge in [-0.25, -0.2) is 0 Å². The van der Waals surface area contributed by atoms with Gasteiger partial charge < -0.3 is 15.1 Å². The van der Waals surface area contributed by atoms with Crippen LogP contribution in [0.2, 0.25) is 0 Å². The molecule has 1 aliphatic heterocycles. The van der Waals surface area contributed by atoms with Gasteiger partial charge in [-0.3, -0.25) is 14.4 Å². The quantitative estimate of drug-likeness (QED) is 0.546. The molecule has 2 atom stereocenters. The molecule has 2 rings (SSSR count). The highest BCUT2D eigenvalue weighted by atomic mass is 16.2. The monoisotopic (exact) mass is 421 g/mol. The number of carbonyl (C=O) groups is 3. The van der Waals surface area contributed by atoms with Crippen molar-refractivity contribution in [2.24, 2.45) is 11.8 Å². The minimum absolute atomic E-state index is 0.00476. The molecule has 172 valence electrons. The third-order valence-corrected chi connectivity index (χ3v) is 6.71. The lowest BCUT2D eigenvalue weighted by Crippen LogP contribution is -2.60. The summed E-state index contributed by atoms with van der Waals surface area (Å²) in [6.45, 7) is 9.87. The van der Waals surface area contributed by atoms with Gasteiger partial charge in [-0.15, -0.1) is 0 Å². The number of unbranched alkanes of at least 4 members (excludes halogenated alkanes) is 4. The number of hydrogen-bond donors (Lipinski definition) is 1. The van der Waals surface area contributed by atoms with Crippen LogP contribution in [0.15, 0.2) is 0 Å². The van der Waals surface area contributed by atoms with Gasteiger partial charge in [-0.05, 0) is 32.1 Å². The third-order valence-electron chi connectivity index (χ3n) is 6.71. The van der Waals surface area contributed by atoms with Gasteiger partial charge in [-0.2, -0.15) is 0 Å². The zero-order valence-corrected chi connectivity index (χ0v) is 19.6. The lowest BCUT2D eigenvalue weighted by Gasteiger charge is -2.41. The van der Waals surface area contributed by atoms with Crippen LogP contribution in [-0.4, -0.2) is 59.2 Å². The lowest BCUT2D eigenvalue weighted by atomic mass is 9.99. The van der Waals surface area contributed by atoms with Crippen molar-refractivity contribution in [3.8, 4) is 0 Å². The summed E-state index contributed by atoms with van der Waals surface area (Å²) in [6, 6.07) is -0.463. The number of nitrogens with zero attached hydrogens (tertiary/aromatic N) is 2. The Labute approximate surface area is 183 Å². The minimum atomic E-state index is -0.480. The highest BCUT2D eigenvalue weighted by molar-refractivity contribution is 5.89. The van der Waals surface area contributed by atoms with Crippen molar-refractivity contribution in [1.82, 2.24) is 15.1 Å². The van der Waals surface area contributed by atoms with Crippen LogP contribution in [0.5, 0.6) is 0 Å². The Morgan fingerprint density at radius 2 is 1.67 bits per heavy atom. The van der Waals surface area contributed by atoms with E-state index in [4.69, 9.17) is 0 Å². The van der Waals surface area contributed by atoms with Crippen LogP contribution in [0.4, 0.5) is 0 Å². The predicted molar refractivity (Wildman–Crippen MR) is 120 cm³/mol. The Morgan fingerprint density at radius 1 is 1.00 bits per heavy atom. The number of piperazine rings is 1. The Kier molecular flexibility index (Phi) is 10.1. The van der Waals surface area contributed by atoms with Gasteiger partial charge in [0.1, 0.15) is 6.04 Å². The van der Waals surface area contributed by atoms with E-state index in [0.717, 1.165) is 38.5 Å². The fourth-order valence-corrected chi connectivity index (χ4v) is 4.72. The smallest absolute Gasteiger partial charge is 0.245 e. The number of nitrogens with one attached hydrogen (secondary N) is 1. The van der Waals surface area contributed by atoms with Crippen molar-refractivity contribution in [3.63, 3.8) is 0 Å². The predicted octanol–water partition coefficient (Wildman–Crippen LogP) is 3.74. The van der Waals surface area contributed by atoms with Crippen molar-refractivity contribution in [1.29, 1.82) is 0 Å². The zero-order chi connectivity index (χ0) is 22.1. The molecule has 0 aromatic rings. The molecule has 2 fully saturated rings. The van der Waals surface area contributed by atoms with Crippen LogP contribution in [0.3, 0.4) is 0 Å². The third kappa shape index (κ3) is 6.98. The van der Waals surface area contributed by atoms with E-state index >= 15 is 0 Å². The molecule has 6 heteroatoms. The van der Waals surface area contributed by atoms with Crippen molar-refractivity contribution in [3.05, 3.63) is 0 Å².